The van der Waals surface area contributed by atoms with Gasteiger partial charge in [-0.15, -0.1) is 0 Å². The molecule has 2 aromatic carbocycles. The number of nitrogens with one attached hydrogen (secondary N) is 1. The van der Waals surface area contributed by atoms with E-state index in [2.05, 4.69) is 46.4 Å². The molecule has 0 amide bonds. The monoisotopic (exact) mass is 308 g/mol. The number of aromatic nitrogens is 1. The number of nitrogens with zero attached hydrogens (tertiary/aromatic N) is 1. The number of hydrogen-bond donors (Lipinski definition) is 1. The lowest BCUT2D eigenvalue weighted by atomic mass is 9.97. The zero-order valence-corrected chi connectivity index (χ0v) is 13.0. The van der Waals surface area contributed by atoms with E-state index in [1.54, 1.807) is 0 Å². The summed E-state index contributed by atoms with van der Waals surface area (Å²) in [5.74, 6) is 0. The molecule has 0 bridgehead atoms. The van der Waals surface area contributed by atoms with Crippen LogP contribution < -0.4 is 5.32 Å². The molecule has 3 heteroatoms. The van der Waals surface area contributed by atoms with Crippen molar-refractivity contribution in [1.29, 1.82) is 0 Å². The molecular formula is C19H17ClN2. The van der Waals surface area contributed by atoms with Gasteiger partial charge in [-0.1, -0.05) is 23.7 Å². The average Bonchev–Trinajstić information content (AvgIpc) is 3.05. The quantitative estimate of drug-likeness (QED) is 0.740. The second kappa shape index (κ2) is 5.64. The Labute approximate surface area is 135 Å². The Balaban J connectivity index is 1.78. The molecule has 1 aliphatic rings. The SMILES string of the molecule is Clc1ccc(-n2cccc2-c2ccc3c(c2)CNCC3)cc1. The number of benzene rings is 2. The Hall–Kier alpha value is -2.03. The number of fused-ring (bicyclic) bond motifs is 1. The molecule has 2 heterocycles. The fraction of sp³-hybridized carbons (Fsp3) is 0.158. The van der Waals surface area contributed by atoms with Gasteiger partial charge in [0.15, 0.2) is 0 Å². The van der Waals surface area contributed by atoms with Gasteiger partial charge in [-0.3, -0.25) is 0 Å². The van der Waals surface area contributed by atoms with Crippen LogP contribution in [0.5, 0.6) is 0 Å². The van der Waals surface area contributed by atoms with Gasteiger partial charge in [0.05, 0.1) is 5.69 Å². The van der Waals surface area contributed by atoms with E-state index >= 15 is 0 Å². The van der Waals surface area contributed by atoms with Crippen molar-refractivity contribution in [1.82, 2.24) is 9.88 Å². The van der Waals surface area contributed by atoms with Gasteiger partial charge >= 0.3 is 0 Å². The largest absolute Gasteiger partial charge is 0.317 e. The van der Waals surface area contributed by atoms with Gasteiger partial charge in [0.2, 0.25) is 0 Å². The van der Waals surface area contributed by atoms with Gasteiger partial charge in [-0.2, -0.15) is 0 Å². The third-order valence-corrected chi connectivity index (χ3v) is 4.49. The molecule has 1 aliphatic heterocycles. The Kier molecular flexibility index (Phi) is 3.49. The number of hydrogen-bond acceptors (Lipinski definition) is 1. The topological polar surface area (TPSA) is 17.0 Å². The summed E-state index contributed by atoms with van der Waals surface area (Å²) in [5, 5.41) is 4.21. The lowest BCUT2D eigenvalue weighted by Crippen LogP contribution is -2.23. The van der Waals surface area contributed by atoms with Crippen LogP contribution in [0.25, 0.3) is 16.9 Å². The van der Waals surface area contributed by atoms with Crippen LogP contribution in [-0.4, -0.2) is 11.1 Å². The Morgan fingerprint density at radius 3 is 2.68 bits per heavy atom. The maximum Gasteiger partial charge on any atom is 0.0528 e. The molecule has 0 atom stereocenters. The summed E-state index contributed by atoms with van der Waals surface area (Å²) in [5.41, 5.74) is 6.46. The molecule has 2 nitrogen and oxygen atoms in total. The summed E-state index contributed by atoms with van der Waals surface area (Å²) in [6.07, 6.45) is 3.21. The molecule has 22 heavy (non-hydrogen) atoms. The molecule has 1 aromatic heterocycles. The van der Waals surface area contributed by atoms with Crippen molar-refractivity contribution in [2.45, 2.75) is 13.0 Å². The molecule has 0 spiro atoms. The predicted octanol–water partition coefficient (Wildman–Crippen LogP) is 4.44. The first-order chi connectivity index (χ1) is 10.8. The van der Waals surface area contributed by atoms with E-state index < -0.39 is 0 Å². The van der Waals surface area contributed by atoms with Crippen molar-refractivity contribution in [3.63, 3.8) is 0 Å². The normalized spacial score (nSPS) is 13.9. The van der Waals surface area contributed by atoms with Gasteiger partial charge in [-0.25, -0.2) is 0 Å². The van der Waals surface area contributed by atoms with E-state index in [1.165, 1.54) is 22.4 Å². The minimum Gasteiger partial charge on any atom is -0.317 e. The smallest absolute Gasteiger partial charge is 0.0528 e. The molecule has 0 unspecified atom stereocenters. The molecule has 3 aromatic rings. The Morgan fingerprint density at radius 1 is 0.955 bits per heavy atom. The third-order valence-electron chi connectivity index (χ3n) is 4.24. The van der Waals surface area contributed by atoms with Crippen LogP contribution in [0.4, 0.5) is 0 Å². The fourth-order valence-corrected chi connectivity index (χ4v) is 3.21. The van der Waals surface area contributed by atoms with E-state index in [9.17, 15) is 0 Å². The highest BCUT2D eigenvalue weighted by Gasteiger charge is 2.12. The van der Waals surface area contributed by atoms with Crippen LogP contribution in [-0.2, 0) is 13.0 Å². The predicted molar refractivity (Wildman–Crippen MR) is 91.6 cm³/mol. The summed E-state index contributed by atoms with van der Waals surface area (Å²) in [4.78, 5) is 0. The van der Waals surface area contributed by atoms with Crippen molar-refractivity contribution in [2.24, 2.45) is 0 Å². The average molecular weight is 309 g/mol. The van der Waals surface area contributed by atoms with Gasteiger partial charge in [-0.05, 0) is 72.1 Å². The molecule has 110 valence electrons. The molecule has 0 saturated heterocycles. The number of rotatable bonds is 2. The molecule has 4 rings (SSSR count). The standard InChI is InChI=1S/C19H17ClN2/c20-17-5-7-18(8-6-17)22-11-1-2-19(22)15-4-3-14-9-10-21-13-16(14)12-15/h1-8,11-12,21H,9-10,13H2. The number of halogens is 1. The summed E-state index contributed by atoms with van der Waals surface area (Å²) in [6, 6.07) is 19.0. The zero-order chi connectivity index (χ0) is 14.9. The second-order valence-corrected chi connectivity index (χ2v) is 6.09. The van der Waals surface area contributed by atoms with Crippen LogP contribution in [0.3, 0.4) is 0 Å². The first-order valence-corrected chi connectivity index (χ1v) is 7.95. The highest BCUT2D eigenvalue weighted by Crippen LogP contribution is 2.27. The van der Waals surface area contributed by atoms with Crippen LogP contribution in [0.1, 0.15) is 11.1 Å². The Morgan fingerprint density at radius 2 is 1.82 bits per heavy atom. The van der Waals surface area contributed by atoms with Crippen molar-refractivity contribution < 1.29 is 0 Å². The van der Waals surface area contributed by atoms with Crippen LogP contribution in [0.15, 0.2) is 60.8 Å². The molecule has 0 aliphatic carbocycles. The Bertz CT molecular complexity index is 803. The van der Waals surface area contributed by atoms with Gasteiger partial charge in [0.1, 0.15) is 0 Å². The zero-order valence-electron chi connectivity index (χ0n) is 12.2. The first kappa shape index (κ1) is 13.6. The highest BCUT2D eigenvalue weighted by molar-refractivity contribution is 6.30. The molecule has 1 N–H and O–H groups in total. The fourth-order valence-electron chi connectivity index (χ4n) is 3.08. The first-order valence-electron chi connectivity index (χ1n) is 7.57. The minimum atomic E-state index is 0.761. The van der Waals surface area contributed by atoms with Crippen LogP contribution in [0.2, 0.25) is 5.02 Å². The van der Waals surface area contributed by atoms with Gasteiger partial charge in [0, 0.05) is 23.5 Å². The van der Waals surface area contributed by atoms with Crippen molar-refractivity contribution in [3.8, 4) is 16.9 Å². The van der Waals surface area contributed by atoms with E-state index in [4.69, 9.17) is 11.6 Å². The van der Waals surface area contributed by atoms with E-state index in [-0.39, 0.29) is 0 Å². The summed E-state index contributed by atoms with van der Waals surface area (Å²) >= 11 is 5.99. The molecule has 0 saturated carbocycles. The molecule has 0 radical (unpaired) electrons. The van der Waals surface area contributed by atoms with E-state index in [0.29, 0.717) is 0 Å². The second-order valence-electron chi connectivity index (χ2n) is 5.65. The van der Waals surface area contributed by atoms with Crippen molar-refractivity contribution in [3.05, 3.63) is 76.9 Å². The third kappa shape index (κ3) is 2.45. The molecule has 0 fully saturated rings. The van der Waals surface area contributed by atoms with Gasteiger partial charge < -0.3 is 9.88 Å². The summed E-state index contributed by atoms with van der Waals surface area (Å²) in [7, 11) is 0. The van der Waals surface area contributed by atoms with Gasteiger partial charge in [0.25, 0.3) is 0 Å². The lowest BCUT2D eigenvalue weighted by Gasteiger charge is -2.18. The maximum absolute atomic E-state index is 5.99. The molecular weight excluding hydrogens is 292 g/mol. The lowest BCUT2D eigenvalue weighted by molar-refractivity contribution is 0.644. The minimum absolute atomic E-state index is 0.761. The summed E-state index contributed by atoms with van der Waals surface area (Å²) < 4.78 is 2.20. The van der Waals surface area contributed by atoms with Crippen molar-refractivity contribution in [2.75, 3.05) is 6.54 Å². The van der Waals surface area contributed by atoms with E-state index in [0.717, 1.165) is 30.2 Å². The maximum atomic E-state index is 5.99. The van der Waals surface area contributed by atoms with Crippen LogP contribution >= 0.6 is 11.6 Å². The summed E-state index contributed by atoms with van der Waals surface area (Å²) in [6.45, 7) is 2.04. The highest BCUT2D eigenvalue weighted by atomic mass is 35.5. The van der Waals surface area contributed by atoms with Crippen molar-refractivity contribution >= 4 is 11.6 Å². The van der Waals surface area contributed by atoms with E-state index in [1.807, 2.05) is 24.3 Å². The van der Waals surface area contributed by atoms with Crippen LogP contribution in [0, 0.1) is 0 Å².